The summed E-state index contributed by atoms with van der Waals surface area (Å²) in [5.74, 6) is 3.41. The quantitative estimate of drug-likeness (QED) is 0.708. The molecule has 0 bridgehead atoms. The molecule has 1 unspecified atom stereocenters. The number of nitrogens with zero attached hydrogens (tertiary/aromatic N) is 2. The van der Waals surface area contributed by atoms with E-state index in [-0.39, 0.29) is 0 Å². The van der Waals surface area contributed by atoms with Crippen molar-refractivity contribution in [3.05, 3.63) is 18.6 Å². The van der Waals surface area contributed by atoms with Gasteiger partial charge in [-0.05, 0) is 6.42 Å². The van der Waals surface area contributed by atoms with Crippen LogP contribution in [0, 0.1) is 12.3 Å². The molecule has 3 nitrogen and oxygen atoms in total. The molecule has 0 aliphatic heterocycles. The summed E-state index contributed by atoms with van der Waals surface area (Å²) in [5.41, 5.74) is 0. The van der Waals surface area contributed by atoms with Crippen LogP contribution in [0.2, 0.25) is 0 Å². The van der Waals surface area contributed by atoms with Gasteiger partial charge in [-0.2, -0.15) is 0 Å². The van der Waals surface area contributed by atoms with Crippen molar-refractivity contribution in [3.63, 3.8) is 0 Å². The first kappa shape index (κ1) is 9.53. The lowest BCUT2D eigenvalue weighted by Crippen LogP contribution is -2.18. The van der Waals surface area contributed by atoms with Crippen molar-refractivity contribution in [2.24, 2.45) is 0 Å². The second-order valence-corrected chi connectivity index (χ2v) is 2.75. The molecule has 1 rings (SSSR count). The normalized spacial score (nSPS) is 11.7. The second-order valence-electron chi connectivity index (χ2n) is 2.75. The zero-order valence-electron chi connectivity index (χ0n) is 7.70. The van der Waals surface area contributed by atoms with Crippen molar-refractivity contribution in [1.82, 2.24) is 9.97 Å². The van der Waals surface area contributed by atoms with Crippen molar-refractivity contribution in [2.45, 2.75) is 25.8 Å². The molecule has 0 saturated carbocycles. The lowest BCUT2D eigenvalue weighted by Gasteiger charge is -2.13. The molecule has 0 aliphatic rings. The lowest BCUT2D eigenvalue weighted by molar-refractivity contribution is 0.711. The largest absolute Gasteiger partial charge is 0.365 e. The molecule has 1 heterocycles. The highest BCUT2D eigenvalue weighted by Gasteiger charge is 2.03. The van der Waals surface area contributed by atoms with Gasteiger partial charge in [0.2, 0.25) is 0 Å². The maximum Gasteiger partial charge on any atom is 0.144 e. The maximum atomic E-state index is 5.23. The lowest BCUT2D eigenvalue weighted by atomic mass is 10.1. The fourth-order valence-corrected chi connectivity index (χ4v) is 1.02. The zero-order valence-corrected chi connectivity index (χ0v) is 7.70. The Hall–Kier alpha value is -1.56. The summed E-state index contributed by atoms with van der Waals surface area (Å²) in [4.78, 5) is 8.06. The molecular weight excluding hydrogens is 162 g/mol. The minimum Gasteiger partial charge on any atom is -0.365 e. The zero-order chi connectivity index (χ0) is 9.52. The minimum absolute atomic E-state index is 0.293. The predicted molar refractivity (Wildman–Crippen MR) is 53.2 cm³/mol. The molecule has 1 atom stereocenters. The van der Waals surface area contributed by atoms with Gasteiger partial charge < -0.3 is 5.32 Å². The van der Waals surface area contributed by atoms with Gasteiger partial charge in [0.05, 0.1) is 6.20 Å². The summed E-state index contributed by atoms with van der Waals surface area (Å²) in [5, 5.41) is 3.21. The van der Waals surface area contributed by atoms with Gasteiger partial charge in [0.15, 0.2) is 0 Å². The van der Waals surface area contributed by atoms with Gasteiger partial charge in [-0.3, -0.25) is 4.98 Å². The van der Waals surface area contributed by atoms with Gasteiger partial charge in [0.25, 0.3) is 0 Å². The fraction of sp³-hybridized carbons (Fsp3) is 0.400. The number of anilines is 1. The second kappa shape index (κ2) is 5.15. The number of hydrogen-bond donors (Lipinski definition) is 1. The maximum absolute atomic E-state index is 5.23. The Bertz CT molecular complexity index is 276. The molecule has 0 radical (unpaired) electrons. The molecule has 1 aromatic heterocycles. The van der Waals surface area contributed by atoms with E-state index < -0.39 is 0 Å². The van der Waals surface area contributed by atoms with Crippen LogP contribution in [0.15, 0.2) is 18.6 Å². The van der Waals surface area contributed by atoms with Crippen LogP contribution in [0.4, 0.5) is 5.82 Å². The van der Waals surface area contributed by atoms with E-state index in [0.717, 1.165) is 12.2 Å². The summed E-state index contributed by atoms with van der Waals surface area (Å²) >= 11 is 0. The average Bonchev–Trinajstić information content (AvgIpc) is 2.19. The van der Waals surface area contributed by atoms with Crippen molar-refractivity contribution in [3.8, 4) is 12.3 Å². The van der Waals surface area contributed by atoms with E-state index in [4.69, 9.17) is 6.42 Å². The average molecular weight is 175 g/mol. The van der Waals surface area contributed by atoms with Crippen molar-refractivity contribution < 1.29 is 0 Å². The summed E-state index contributed by atoms with van der Waals surface area (Å²) < 4.78 is 0. The molecule has 1 N–H and O–H groups in total. The molecule has 0 fully saturated rings. The van der Waals surface area contributed by atoms with Crippen molar-refractivity contribution in [1.29, 1.82) is 0 Å². The highest BCUT2D eigenvalue weighted by atomic mass is 15.0. The first-order chi connectivity index (χ1) is 6.36. The van der Waals surface area contributed by atoms with E-state index in [1.54, 1.807) is 18.6 Å². The molecule has 0 saturated heterocycles. The predicted octanol–water partition coefficient (Wildman–Crippen LogP) is 1.69. The van der Waals surface area contributed by atoms with Gasteiger partial charge in [-0.25, -0.2) is 4.98 Å². The van der Waals surface area contributed by atoms with Crippen LogP contribution in [0.5, 0.6) is 0 Å². The topological polar surface area (TPSA) is 37.8 Å². The number of hydrogen-bond acceptors (Lipinski definition) is 3. The molecule has 0 amide bonds. The molecule has 13 heavy (non-hydrogen) atoms. The Balaban J connectivity index is 2.53. The van der Waals surface area contributed by atoms with E-state index in [2.05, 4.69) is 28.1 Å². The van der Waals surface area contributed by atoms with E-state index >= 15 is 0 Å². The van der Waals surface area contributed by atoms with Gasteiger partial charge >= 0.3 is 0 Å². The van der Waals surface area contributed by atoms with Crippen LogP contribution >= 0.6 is 0 Å². The molecule has 3 heteroatoms. The van der Waals surface area contributed by atoms with Gasteiger partial charge in [0, 0.05) is 24.9 Å². The van der Waals surface area contributed by atoms with E-state index in [1.807, 2.05) is 0 Å². The van der Waals surface area contributed by atoms with Gasteiger partial charge in [0.1, 0.15) is 5.82 Å². The van der Waals surface area contributed by atoms with Crippen LogP contribution in [-0.4, -0.2) is 16.0 Å². The summed E-state index contributed by atoms with van der Waals surface area (Å²) in [7, 11) is 0. The highest BCUT2D eigenvalue weighted by Crippen LogP contribution is 2.05. The SMILES string of the molecule is C#CCC(CC)Nc1cnccn1. The van der Waals surface area contributed by atoms with Crippen LogP contribution in [0.25, 0.3) is 0 Å². The van der Waals surface area contributed by atoms with Crippen LogP contribution in [-0.2, 0) is 0 Å². The van der Waals surface area contributed by atoms with Crippen LogP contribution < -0.4 is 5.32 Å². The fourth-order valence-electron chi connectivity index (χ4n) is 1.02. The molecule has 0 aliphatic carbocycles. The molecule has 0 spiro atoms. The van der Waals surface area contributed by atoms with Gasteiger partial charge in [-0.15, -0.1) is 12.3 Å². The van der Waals surface area contributed by atoms with Crippen LogP contribution in [0.1, 0.15) is 19.8 Å². The van der Waals surface area contributed by atoms with Gasteiger partial charge in [-0.1, -0.05) is 6.92 Å². The standard InChI is InChI=1S/C10H13N3/c1-3-5-9(4-2)13-10-8-11-6-7-12-10/h1,6-9H,4-5H2,2H3,(H,12,13). The summed E-state index contributed by atoms with van der Waals surface area (Å²) in [6.07, 6.45) is 11.9. The Kier molecular flexibility index (Phi) is 3.77. The molecule has 0 aromatic carbocycles. The van der Waals surface area contributed by atoms with E-state index in [1.165, 1.54) is 0 Å². The first-order valence-electron chi connectivity index (χ1n) is 4.32. The Labute approximate surface area is 78.6 Å². The number of rotatable bonds is 4. The monoisotopic (exact) mass is 175 g/mol. The third-order valence-electron chi connectivity index (χ3n) is 1.77. The van der Waals surface area contributed by atoms with E-state index in [9.17, 15) is 0 Å². The Morgan fingerprint density at radius 1 is 1.62 bits per heavy atom. The van der Waals surface area contributed by atoms with Crippen molar-refractivity contribution >= 4 is 5.82 Å². The minimum atomic E-state index is 0.293. The number of aromatic nitrogens is 2. The Morgan fingerprint density at radius 3 is 3.00 bits per heavy atom. The smallest absolute Gasteiger partial charge is 0.144 e. The summed E-state index contributed by atoms with van der Waals surface area (Å²) in [6, 6.07) is 0.293. The highest BCUT2D eigenvalue weighted by molar-refractivity contribution is 5.31. The van der Waals surface area contributed by atoms with Crippen molar-refractivity contribution in [2.75, 3.05) is 5.32 Å². The molecule has 68 valence electrons. The third kappa shape index (κ3) is 3.12. The van der Waals surface area contributed by atoms with E-state index in [0.29, 0.717) is 12.5 Å². The molecule has 1 aromatic rings. The first-order valence-corrected chi connectivity index (χ1v) is 4.32. The molecular formula is C10H13N3. The third-order valence-corrected chi connectivity index (χ3v) is 1.77. The van der Waals surface area contributed by atoms with Crippen LogP contribution in [0.3, 0.4) is 0 Å². The number of nitrogens with one attached hydrogen (secondary N) is 1. The number of terminal acetylenes is 1. The Morgan fingerprint density at radius 2 is 2.46 bits per heavy atom. The summed E-state index contributed by atoms with van der Waals surface area (Å²) in [6.45, 7) is 2.09.